The predicted octanol–water partition coefficient (Wildman–Crippen LogP) is -0.414. The van der Waals surface area contributed by atoms with E-state index in [1.807, 2.05) is 0 Å². The zero-order valence-corrected chi connectivity index (χ0v) is 11.4. The van der Waals surface area contributed by atoms with Gasteiger partial charge in [0, 0.05) is 27.2 Å². The Labute approximate surface area is 116 Å². The van der Waals surface area contributed by atoms with Gasteiger partial charge in [0.05, 0.1) is 12.9 Å². The van der Waals surface area contributed by atoms with E-state index >= 15 is 0 Å². The average molecular weight is 305 g/mol. The number of nitrogens with zero attached hydrogens (tertiary/aromatic N) is 4. The van der Waals surface area contributed by atoms with Crippen LogP contribution in [0, 0.1) is 0 Å². The van der Waals surface area contributed by atoms with Crippen molar-refractivity contribution < 1.29 is 13.2 Å². The van der Waals surface area contributed by atoms with E-state index in [9.17, 15) is 22.8 Å². The summed E-state index contributed by atoms with van der Waals surface area (Å²) < 4.78 is 39.6. The number of alkyl halides is 3. The molecule has 116 valence electrons. The van der Waals surface area contributed by atoms with E-state index in [-0.39, 0.29) is 24.3 Å². The highest BCUT2D eigenvalue weighted by molar-refractivity contribution is 5.69. The summed E-state index contributed by atoms with van der Waals surface area (Å²) in [5, 5.41) is 2.24. The highest BCUT2D eigenvalue weighted by Gasteiger charge is 2.26. The largest absolute Gasteiger partial charge is 0.401 e. The maximum atomic E-state index is 12.1. The van der Waals surface area contributed by atoms with Gasteiger partial charge in [-0.25, -0.2) is 9.78 Å². The van der Waals surface area contributed by atoms with E-state index in [4.69, 9.17) is 0 Å². The molecule has 10 heteroatoms. The zero-order valence-electron chi connectivity index (χ0n) is 11.4. The van der Waals surface area contributed by atoms with Gasteiger partial charge in [-0.15, -0.1) is 0 Å². The Morgan fingerprint density at radius 2 is 1.90 bits per heavy atom. The lowest BCUT2D eigenvalue weighted by Gasteiger charge is -2.09. The average Bonchev–Trinajstić information content (AvgIpc) is 2.82. The van der Waals surface area contributed by atoms with Crippen LogP contribution in [-0.4, -0.2) is 38.0 Å². The molecule has 0 bridgehead atoms. The Morgan fingerprint density at radius 3 is 2.52 bits per heavy atom. The molecule has 0 saturated heterocycles. The molecule has 2 heterocycles. The first-order valence-corrected chi connectivity index (χ1v) is 6.10. The van der Waals surface area contributed by atoms with E-state index in [0.717, 1.165) is 4.57 Å². The van der Waals surface area contributed by atoms with Crippen molar-refractivity contribution in [2.45, 2.75) is 12.7 Å². The SMILES string of the molecule is Cn1c(=O)c2c(ncn2CCNCC(F)(F)F)n(C)c1=O. The van der Waals surface area contributed by atoms with E-state index in [0.29, 0.717) is 0 Å². The Kier molecular flexibility index (Phi) is 3.90. The van der Waals surface area contributed by atoms with Crippen molar-refractivity contribution in [3.8, 4) is 0 Å². The molecule has 1 N–H and O–H groups in total. The number of halogens is 3. The molecule has 0 aliphatic carbocycles. The number of aromatic nitrogens is 4. The molecule has 0 fully saturated rings. The van der Waals surface area contributed by atoms with E-state index in [1.165, 1.54) is 29.6 Å². The third kappa shape index (κ3) is 2.99. The highest BCUT2D eigenvalue weighted by atomic mass is 19.4. The molecule has 0 radical (unpaired) electrons. The molecule has 0 aromatic carbocycles. The van der Waals surface area contributed by atoms with Gasteiger partial charge >= 0.3 is 11.9 Å². The van der Waals surface area contributed by atoms with E-state index < -0.39 is 24.0 Å². The summed E-state index contributed by atoms with van der Waals surface area (Å²) in [5.74, 6) is 0. The van der Waals surface area contributed by atoms with Crippen molar-refractivity contribution in [2.75, 3.05) is 13.1 Å². The van der Waals surface area contributed by atoms with Crippen molar-refractivity contribution >= 4 is 11.2 Å². The minimum atomic E-state index is -4.28. The number of fused-ring (bicyclic) bond motifs is 1. The van der Waals surface area contributed by atoms with Crippen LogP contribution in [0.1, 0.15) is 0 Å². The second-order valence-electron chi connectivity index (χ2n) is 4.61. The first-order chi connectivity index (χ1) is 9.72. The van der Waals surface area contributed by atoms with Crippen LogP contribution >= 0.6 is 0 Å². The third-order valence-corrected chi connectivity index (χ3v) is 3.07. The van der Waals surface area contributed by atoms with E-state index in [2.05, 4.69) is 10.3 Å². The van der Waals surface area contributed by atoms with Gasteiger partial charge in [-0.05, 0) is 0 Å². The van der Waals surface area contributed by atoms with Crippen molar-refractivity contribution in [2.24, 2.45) is 14.1 Å². The monoisotopic (exact) mass is 305 g/mol. The van der Waals surface area contributed by atoms with Crippen LogP contribution in [0.2, 0.25) is 0 Å². The fourth-order valence-electron chi connectivity index (χ4n) is 2.00. The molecule has 0 spiro atoms. The summed E-state index contributed by atoms with van der Waals surface area (Å²) in [6.45, 7) is -0.937. The maximum absolute atomic E-state index is 12.1. The van der Waals surface area contributed by atoms with Gasteiger partial charge in [-0.1, -0.05) is 0 Å². The predicted molar refractivity (Wildman–Crippen MR) is 69.1 cm³/mol. The van der Waals surface area contributed by atoms with Crippen molar-refractivity contribution in [3.05, 3.63) is 27.2 Å². The molecule has 21 heavy (non-hydrogen) atoms. The molecule has 0 unspecified atom stereocenters. The molecule has 2 aromatic rings. The Morgan fingerprint density at radius 1 is 1.24 bits per heavy atom. The van der Waals surface area contributed by atoms with Crippen LogP contribution < -0.4 is 16.6 Å². The standard InChI is InChI=1S/C11H14F3N5O2/c1-17-8-7(9(20)18(2)10(17)21)19(6-16-8)4-3-15-5-11(12,13)14/h6,15H,3-5H2,1-2H3. The summed E-state index contributed by atoms with van der Waals surface area (Å²) in [5.41, 5.74) is -0.637. The van der Waals surface area contributed by atoms with Crippen LogP contribution in [0.25, 0.3) is 11.2 Å². The smallest absolute Gasteiger partial charge is 0.323 e. The van der Waals surface area contributed by atoms with Crippen LogP contribution in [0.3, 0.4) is 0 Å². The maximum Gasteiger partial charge on any atom is 0.401 e. The summed E-state index contributed by atoms with van der Waals surface area (Å²) in [6, 6.07) is 0. The molecule has 2 rings (SSSR count). The molecule has 0 saturated carbocycles. The lowest BCUT2D eigenvalue weighted by Crippen LogP contribution is -2.38. The van der Waals surface area contributed by atoms with Gasteiger partial charge in [0.1, 0.15) is 0 Å². The van der Waals surface area contributed by atoms with Gasteiger partial charge in [0.2, 0.25) is 0 Å². The number of nitrogens with one attached hydrogen (secondary N) is 1. The van der Waals surface area contributed by atoms with Crippen molar-refractivity contribution in [3.63, 3.8) is 0 Å². The Balaban J connectivity index is 2.27. The van der Waals surface area contributed by atoms with Gasteiger partial charge in [0.15, 0.2) is 11.2 Å². The first-order valence-electron chi connectivity index (χ1n) is 6.10. The quantitative estimate of drug-likeness (QED) is 0.779. The molecule has 0 amide bonds. The zero-order chi connectivity index (χ0) is 15.8. The molecule has 0 aliphatic heterocycles. The molecular weight excluding hydrogens is 291 g/mol. The van der Waals surface area contributed by atoms with Gasteiger partial charge in [-0.2, -0.15) is 13.2 Å². The fraction of sp³-hybridized carbons (Fsp3) is 0.545. The summed E-state index contributed by atoms with van der Waals surface area (Å²) in [7, 11) is 2.81. The lowest BCUT2D eigenvalue weighted by atomic mass is 10.4. The van der Waals surface area contributed by atoms with E-state index in [1.54, 1.807) is 0 Å². The number of hydrogen-bond acceptors (Lipinski definition) is 4. The second kappa shape index (κ2) is 5.35. The molecule has 0 aliphatic rings. The van der Waals surface area contributed by atoms with Crippen LogP contribution in [-0.2, 0) is 20.6 Å². The molecule has 2 aromatic heterocycles. The highest BCUT2D eigenvalue weighted by Crippen LogP contribution is 2.12. The minimum absolute atomic E-state index is 0.0248. The molecule has 0 atom stereocenters. The number of rotatable bonds is 4. The normalized spacial score (nSPS) is 12.2. The summed E-state index contributed by atoms with van der Waals surface area (Å²) in [4.78, 5) is 27.8. The topological polar surface area (TPSA) is 73.8 Å². The van der Waals surface area contributed by atoms with Crippen molar-refractivity contribution in [1.82, 2.24) is 24.0 Å². The van der Waals surface area contributed by atoms with Crippen LogP contribution in [0.15, 0.2) is 15.9 Å². The lowest BCUT2D eigenvalue weighted by molar-refractivity contribution is -0.124. The fourth-order valence-corrected chi connectivity index (χ4v) is 2.00. The first kappa shape index (κ1) is 15.3. The third-order valence-electron chi connectivity index (χ3n) is 3.07. The van der Waals surface area contributed by atoms with Crippen molar-refractivity contribution in [1.29, 1.82) is 0 Å². The van der Waals surface area contributed by atoms with Gasteiger partial charge in [0.25, 0.3) is 5.56 Å². The van der Waals surface area contributed by atoms with Gasteiger partial charge < -0.3 is 9.88 Å². The molecular formula is C11H14F3N5O2. The second-order valence-corrected chi connectivity index (χ2v) is 4.61. The number of aryl methyl sites for hydroxylation is 1. The summed E-state index contributed by atoms with van der Waals surface area (Å²) >= 11 is 0. The Bertz CT molecular complexity index is 771. The van der Waals surface area contributed by atoms with Crippen LogP contribution in [0.5, 0.6) is 0 Å². The van der Waals surface area contributed by atoms with Gasteiger partial charge in [-0.3, -0.25) is 13.9 Å². The number of imidazole rings is 1. The summed E-state index contributed by atoms with van der Waals surface area (Å²) in [6.07, 6.45) is -2.95. The minimum Gasteiger partial charge on any atom is -0.323 e. The Hall–Kier alpha value is -2.10. The molecule has 7 nitrogen and oxygen atoms in total. The van der Waals surface area contributed by atoms with Crippen LogP contribution in [0.4, 0.5) is 13.2 Å². The number of hydrogen-bond donors (Lipinski definition) is 1.